The molecule has 7 rings (SSSR count). The molecule has 2 aliphatic heterocycles. The average molecular weight is 571 g/mol. The number of nitrogens with zero attached hydrogens (tertiary/aromatic N) is 4. The Kier molecular flexibility index (Phi) is 7.50. The monoisotopic (exact) mass is 570 g/mol. The molecule has 2 aliphatic rings. The molecule has 3 heterocycles. The molecule has 0 saturated heterocycles. The Morgan fingerprint density at radius 3 is 2.09 bits per heavy atom. The molecule has 0 aliphatic carbocycles. The van der Waals surface area contributed by atoms with Gasteiger partial charge in [-0.1, -0.05) is 72.8 Å². The van der Waals surface area contributed by atoms with Gasteiger partial charge in [-0.25, -0.2) is 5.43 Å². The number of hydrogen-bond acceptors (Lipinski definition) is 8. The number of hydrogen-bond donors (Lipinski definition) is 2. The van der Waals surface area contributed by atoms with E-state index < -0.39 is 0 Å². The molecule has 0 bridgehead atoms. The van der Waals surface area contributed by atoms with E-state index in [2.05, 4.69) is 69.2 Å². The Morgan fingerprint density at radius 1 is 0.721 bits per heavy atom. The lowest BCUT2D eigenvalue weighted by molar-refractivity contribution is 0.414. The zero-order valence-electron chi connectivity index (χ0n) is 24.1. The first-order valence-electron chi connectivity index (χ1n) is 14.6. The van der Waals surface area contributed by atoms with E-state index in [0.717, 1.165) is 60.5 Å². The summed E-state index contributed by atoms with van der Waals surface area (Å²) in [5.74, 6) is 5.01. The minimum absolute atomic E-state index is 0.187. The second-order valence-electron chi connectivity index (χ2n) is 10.8. The number of para-hydroxylation sites is 1. The summed E-state index contributed by atoms with van der Waals surface area (Å²) in [5.41, 5.74) is 8.44. The molecule has 1 aromatic heterocycles. The fourth-order valence-electron chi connectivity index (χ4n) is 5.67. The predicted molar refractivity (Wildman–Crippen MR) is 169 cm³/mol. The first-order chi connectivity index (χ1) is 21.2. The first-order valence-corrected chi connectivity index (χ1v) is 14.6. The average Bonchev–Trinajstić information content (AvgIpc) is 3.41. The van der Waals surface area contributed by atoms with Gasteiger partial charge in [0.05, 0.1) is 25.3 Å². The molecule has 0 saturated carbocycles. The number of benzene rings is 4. The topological polar surface area (TPSA) is 74.8 Å². The largest absolute Gasteiger partial charge is 0.497 e. The van der Waals surface area contributed by atoms with Crippen LogP contribution in [0.25, 0.3) is 0 Å². The number of aromatic nitrogens is 2. The van der Waals surface area contributed by atoms with Gasteiger partial charge in [0.1, 0.15) is 23.1 Å². The molecule has 4 aromatic carbocycles. The highest BCUT2D eigenvalue weighted by Crippen LogP contribution is 2.44. The van der Waals surface area contributed by atoms with E-state index in [1.54, 1.807) is 7.11 Å². The van der Waals surface area contributed by atoms with Crippen molar-refractivity contribution >= 4 is 17.6 Å². The lowest BCUT2D eigenvalue weighted by Crippen LogP contribution is -2.37. The third-order valence-corrected chi connectivity index (χ3v) is 7.88. The van der Waals surface area contributed by atoms with Gasteiger partial charge in [-0.15, -0.1) is 0 Å². The van der Waals surface area contributed by atoms with Gasteiger partial charge in [-0.05, 0) is 59.5 Å². The lowest BCUT2D eigenvalue weighted by Gasteiger charge is -2.32. The highest BCUT2D eigenvalue weighted by molar-refractivity contribution is 5.68. The number of anilines is 3. The maximum Gasteiger partial charge on any atom is 0.226 e. The van der Waals surface area contributed by atoms with Crippen LogP contribution in [0.2, 0.25) is 0 Å². The zero-order chi connectivity index (χ0) is 29.0. The summed E-state index contributed by atoms with van der Waals surface area (Å²) < 4.78 is 11.3. The number of methoxy groups -OCH3 is 1. The predicted octanol–water partition coefficient (Wildman–Crippen LogP) is 6.87. The Labute approximate surface area is 251 Å². The van der Waals surface area contributed by atoms with Crippen LogP contribution in [0.5, 0.6) is 17.2 Å². The van der Waals surface area contributed by atoms with Crippen molar-refractivity contribution in [2.24, 2.45) is 0 Å². The summed E-state index contributed by atoms with van der Waals surface area (Å²) in [4.78, 5) is 12.5. The lowest BCUT2D eigenvalue weighted by atomic mass is 10.0. The Bertz CT molecular complexity index is 1660. The summed E-state index contributed by atoms with van der Waals surface area (Å²) in [6.07, 6.45) is 0.981. The summed E-state index contributed by atoms with van der Waals surface area (Å²) in [6, 6.07) is 36.9. The quantitative estimate of drug-likeness (QED) is 0.189. The van der Waals surface area contributed by atoms with Gasteiger partial charge in [0, 0.05) is 19.6 Å². The van der Waals surface area contributed by atoms with Crippen molar-refractivity contribution in [1.29, 1.82) is 0 Å². The smallest absolute Gasteiger partial charge is 0.226 e. The molecule has 8 nitrogen and oxygen atoms in total. The van der Waals surface area contributed by atoms with Crippen LogP contribution in [0.15, 0.2) is 109 Å². The molecule has 43 heavy (non-hydrogen) atoms. The highest BCUT2D eigenvalue weighted by Gasteiger charge is 2.38. The fourth-order valence-corrected chi connectivity index (χ4v) is 5.67. The number of ether oxygens (including phenoxy) is 2. The SMILES string of the molecule is COc1ccc(CN2CCC3NN(Cc4ccccc4)c4nc(NCc5ccc(Oc6ccccc6)cc5)nc2c43)cc1. The van der Waals surface area contributed by atoms with Crippen molar-refractivity contribution in [2.45, 2.75) is 32.1 Å². The van der Waals surface area contributed by atoms with E-state index in [0.29, 0.717) is 12.5 Å². The van der Waals surface area contributed by atoms with Crippen molar-refractivity contribution in [3.8, 4) is 17.2 Å². The Hall–Kier alpha value is -5.08. The molecule has 0 radical (unpaired) electrons. The van der Waals surface area contributed by atoms with Gasteiger partial charge in [-0.3, -0.25) is 5.01 Å². The van der Waals surface area contributed by atoms with E-state index in [1.165, 1.54) is 16.7 Å². The standard InChI is InChI=1S/C35H34N6O2/c1-42-28-16-14-27(15-17-28)23-40-21-20-31-32-33(40)37-35(38-34(32)41(39-31)24-26-8-4-2-5-9-26)36-22-25-12-18-30(19-13-25)43-29-10-6-3-7-11-29/h2-19,31,39H,20-24H2,1H3,(H,36,37,38). The van der Waals surface area contributed by atoms with Gasteiger partial charge < -0.3 is 19.7 Å². The number of nitrogens with one attached hydrogen (secondary N) is 2. The second-order valence-corrected chi connectivity index (χ2v) is 10.8. The van der Waals surface area contributed by atoms with Gasteiger partial charge in [0.2, 0.25) is 5.95 Å². The number of hydrazine groups is 1. The van der Waals surface area contributed by atoms with Crippen LogP contribution < -0.4 is 30.1 Å². The van der Waals surface area contributed by atoms with Crippen LogP contribution in [-0.4, -0.2) is 23.6 Å². The maximum atomic E-state index is 5.96. The van der Waals surface area contributed by atoms with Crippen LogP contribution in [-0.2, 0) is 19.6 Å². The van der Waals surface area contributed by atoms with E-state index in [-0.39, 0.29) is 6.04 Å². The molecule has 2 N–H and O–H groups in total. The van der Waals surface area contributed by atoms with Crippen LogP contribution in [0.3, 0.4) is 0 Å². The van der Waals surface area contributed by atoms with Gasteiger partial charge in [-0.2, -0.15) is 9.97 Å². The normalized spacial score (nSPS) is 15.2. The Morgan fingerprint density at radius 2 is 1.35 bits per heavy atom. The fraction of sp³-hybridized carbons (Fsp3) is 0.200. The van der Waals surface area contributed by atoms with Crippen LogP contribution in [0.1, 0.15) is 34.7 Å². The summed E-state index contributed by atoms with van der Waals surface area (Å²) >= 11 is 0. The Balaban J connectivity index is 1.14. The van der Waals surface area contributed by atoms with E-state index >= 15 is 0 Å². The minimum atomic E-state index is 0.187. The van der Waals surface area contributed by atoms with Crippen LogP contribution in [0.4, 0.5) is 17.6 Å². The zero-order valence-corrected chi connectivity index (χ0v) is 24.1. The van der Waals surface area contributed by atoms with Crippen molar-refractivity contribution in [2.75, 3.05) is 28.9 Å². The summed E-state index contributed by atoms with van der Waals surface area (Å²) in [7, 11) is 1.69. The van der Waals surface area contributed by atoms with Gasteiger partial charge in [0.15, 0.2) is 5.82 Å². The summed E-state index contributed by atoms with van der Waals surface area (Å²) in [5, 5.41) is 5.68. The molecular weight excluding hydrogens is 536 g/mol. The molecule has 5 aromatic rings. The molecular formula is C35H34N6O2. The molecule has 216 valence electrons. The molecule has 1 atom stereocenters. The van der Waals surface area contributed by atoms with Crippen LogP contribution >= 0.6 is 0 Å². The molecule has 1 unspecified atom stereocenters. The summed E-state index contributed by atoms with van der Waals surface area (Å²) in [6.45, 7) is 2.98. The molecule has 0 spiro atoms. The maximum absolute atomic E-state index is 5.96. The van der Waals surface area contributed by atoms with Crippen LogP contribution in [0, 0.1) is 0 Å². The third kappa shape index (κ3) is 5.96. The van der Waals surface area contributed by atoms with Crippen molar-refractivity contribution in [1.82, 2.24) is 15.4 Å². The van der Waals surface area contributed by atoms with Crippen molar-refractivity contribution in [3.05, 3.63) is 131 Å². The second kappa shape index (κ2) is 12.0. The van der Waals surface area contributed by atoms with E-state index in [4.69, 9.17) is 19.4 Å². The molecule has 0 amide bonds. The molecule has 8 heteroatoms. The first kappa shape index (κ1) is 26.8. The van der Waals surface area contributed by atoms with E-state index in [9.17, 15) is 0 Å². The van der Waals surface area contributed by atoms with Crippen molar-refractivity contribution < 1.29 is 9.47 Å². The molecule has 0 fully saturated rings. The minimum Gasteiger partial charge on any atom is -0.497 e. The number of rotatable bonds is 10. The highest BCUT2D eigenvalue weighted by atomic mass is 16.5. The van der Waals surface area contributed by atoms with Gasteiger partial charge >= 0.3 is 0 Å². The van der Waals surface area contributed by atoms with Gasteiger partial charge in [0.25, 0.3) is 0 Å². The third-order valence-electron chi connectivity index (χ3n) is 7.88. The van der Waals surface area contributed by atoms with E-state index in [1.807, 2.05) is 60.7 Å². The van der Waals surface area contributed by atoms with Crippen molar-refractivity contribution in [3.63, 3.8) is 0 Å².